The van der Waals surface area contributed by atoms with Crippen molar-refractivity contribution in [3.8, 4) is 6.07 Å². The third-order valence-electron chi connectivity index (χ3n) is 3.82. The van der Waals surface area contributed by atoms with Gasteiger partial charge in [0.1, 0.15) is 17.5 Å². The van der Waals surface area contributed by atoms with Crippen molar-refractivity contribution in [2.45, 2.75) is 25.7 Å². The largest absolute Gasteiger partial charge is 0.383 e. The SMILES string of the molecule is Cc1c(N)nc(C2CC2)nc1N(C)c1ccc(C#N)cc1. The molecule has 0 unspecified atom stereocenters. The zero-order valence-electron chi connectivity index (χ0n) is 12.2. The van der Waals surface area contributed by atoms with Gasteiger partial charge >= 0.3 is 0 Å². The summed E-state index contributed by atoms with van der Waals surface area (Å²) in [5, 5.41) is 8.87. The molecule has 21 heavy (non-hydrogen) atoms. The van der Waals surface area contributed by atoms with E-state index in [0.29, 0.717) is 17.3 Å². The molecule has 0 aliphatic heterocycles. The molecule has 1 saturated carbocycles. The molecule has 1 aromatic carbocycles. The van der Waals surface area contributed by atoms with E-state index in [1.165, 1.54) is 0 Å². The van der Waals surface area contributed by atoms with Crippen molar-refractivity contribution in [3.63, 3.8) is 0 Å². The molecule has 5 heteroatoms. The van der Waals surface area contributed by atoms with Crippen molar-refractivity contribution in [3.05, 3.63) is 41.2 Å². The van der Waals surface area contributed by atoms with E-state index in [0.717, 1.165) is 35.7 Å². The van der Waals surface area contributed by atoms with Crippen molar-refractivity contribution < 1.29 is 0 Å². The molecule has 1 aliphatic rings. The van der Waals surface area contributed by atoms with E-state index in [9.17, 15) is 0 Å². The Morgan fingerprint density at radius 1 is 1.24 bits per heavy atom. The summed E-state index contributed by atoms with van der Waals surface area (Å²) in [5.41, 5.74) is 8.52. The van der Waals surface area contributed by atoms with Gasteiger partial charge in [-0.2, -0.15) is 5.26 Å². The Morgan fingerprint density at radius 2 is 1.90 bits per heavy atom. The minimum Gasteiger partial charge on any atom is -0.383 e. The maximum atomic E-state index is 8.87. The molecule has 5 nitrogen and oxygen atoms in total. The normalized spacial score (nSPS) is 13.8. The van der Waals surface area contributed by atoms with Crippen molar-refractivity contribution in [2.24, 2.45) is 0 Å². The maximum absolute atomic E-state index is 8.87. The van der Waals surface area contributed by atoms with Gasteiger partial charge in [0.15, 0.2) is 0 Å². The predicted octanol–water partition coefficient (Wildman–Crippen LogP) is 2.88. The number of anilines is 3. The number of hydrogen-bond acceptors (Lipinski definition) is 5. The van der Waals surface area contributed by atoms with Crippen LogP contribution in [0, 0.1) is 18.3 Å². The van der Waals surface area contributed by atoms with Crippen LogP contribution in [0.3, 0.4) is 0 Å². The predicted molar refractivity (Wildman–Crippen MR) is 82.4 cm³/mol. The number of rotatable bonds is 3. The summed E-state index contributed by atoms with van der Waals surface area (Å²) in [5.74, 6) is 2.67. The van der Waals surface area contributed by atoms with Gasteiger partial charge < -0.3 is 10.6 Å². The number of hydrogen-bond donors (Lipinski definition) is 1. The van der Waals surface area contributed by atoms with Crippen molar-refractivity contribution in [2.75, 3.05) is 17.7 Å². The monoisotopic (exact) mass is 279 g/mol. The zero-order chi connectivity index (χ0) is 15.0. The van der Waals surface area contributed by atoms with Gasteiger partial charge in [-0.05, 0) is 44.0 Å². The number of aromatic nitrogens is 2. The van der Waals surface area contributed by atoms with E-state index in [1.54, 1.807) is 12.1 Å². The lowest BCUT2D eigenvalue weighted by atomic mass is 10.2. The van der Waals surface area contributed by atoms with Crippen LogP contribution in [-0.4, -0.2) is 17.0 Å². The van der Waals surface area contributed by atoms with Gasteiger partial charge in [0.2, 0.25) is 0 Å². The van der Waals surface area contributed by atoms with Crippen LogP contribution in [0.5, 0.6) is 0 Å². The van der Waals surface area contributed by atoms with Crippen LogP contribution in [0.1, 0.15) is 35.7 Å². The van der Waals surface area contributed by atoms with Crippen molar-refractivity contribution in [1.82, 2.24) is 9.97 Å². The minimum atomic E-state index is 0.459. The number of nitriles is 1. The molecule has 2 aromatic rings. The summed E-state index contributed by atoms with van der Waals surface area (Å²) in [4.78, 5) is 11.1. The molecule has 1 aliphatic carbocycles. The average molecular weight is 279 g/mol. The first kappa shape index (κ1) is 13.4. The fourth-order valence-electron chi connectivity index (χ4n) is 2.27. The molecular formula is C16H17N5. The highest BCUT2D eigenvalue weighted by atomic mass is 15.2. The smallest absolute Gasteiger partial charge is 0.141 e. The van der Waals surface area contributed by atoms with Gasteiger partial charge in [-0.25, -0.2) is 9.97 Å². The van der Waals surface area contributed by atoms with Crippen molar-refractivity contribution in [1.29, 1.82) is 5.26 Å². The Hall–Kier alpha value is -2.61. The lowest BCUT2D eigenvalue weighted by molar-refractivity contribution is 0.910. The van der Waals surface area contributed by atoms with Gasteiger partial charge in [-0.3, -0.25) is 0 Å². The van der Waals surface area contributed by atoms with E-state index in [4.69, 9.17) is 11.0 Å². The van der Waals surface area contributed by atoms with Gasteiger partial charge in [0.25, 0.3) is 0 Å². The highest BCUT2D eigenvalue weighted by Gasteiger charge is 2.28. The molecule has 0 spiro atoms. The second-order valence-electron chi connectivity index (χ2n) is 5.41. The third kappa shape index (κ3) is 2.52. The molecule has 3 rings (SSSR count). The van der Waals surface area contributed by atoms with Crippen LogP contribution in [0.25, 0.3) is 0 Å². The summed E-state index contributed by atoms with van der Waals surface area (Å²) >= 11 is 0. The van der Waals surface area contributed by atoms with E-state index < -0.39 is 0 Å². The Morgan fingerprint density at radius 3 is 2.48 bits per heavy atom. The molecule has 0 amide bonds. The molecule has 0 saturated heterocycles. The quantitative estimate of drug-likeness (QED) is 0.934. The van der Waals surface area contributed by atoms with E-state index >= 15 is 0 Å². The molecular weight excluding hydrogens is 262 g/mol. The van der Waals surface area contributed by atoms with E-state index in [2.05, 4.69) is 16.0 Å². The number of benzene rings is 1. The molecule has 0 radical (unpaired) electrons. The second kappa shape index (κ2) is 5.06. The summed E-state index contributed by atoms with van der Waals surface area (Å²) in [6.07, 6.45) is 2.28. The first-order valence-electron chi connectivity index (χ1n) is 6.98. The first-order chi connectivity index (χ1) is 10.1. The summed E-state index contributed by atoms with van der Waals surface area (Å²) in [7, 11) is 1.95. The average Bonchev–Trinajstić information content (AvgIpc) is 3.34. The first-order valence-corrected chi connectivity index (χ1v) is 6.98. The highest BCUT2D eigenvalue weighted by molar-refractivity contribution is 5.66. The summed E-state index contributed by atoms with van der Waals surface area (Å²) in [6.45, 7) is 1.93. The molecule has 0 bridgehead atoms. The topological polar surface area (TPSA) is 78.8 Å². The summed E-state index contributed by atoms with van der Waals surface area (Å²) < 4.78 is 0. The number of nitrogens with zero attached hydrogens (tertiary/aromatic N) is 4. The van der Waals surface area contributed by atoms with E-state index in [1.807, 2.05) is 31.0 Å². The highest BCUT2D eigenvalue weighted by Crippen LogP contribution is 2.40. The fraction of sp³-hybridized carbons (Fsp3) is 0.312. The summed E-state index contributed by atoms with van der Waals surface area (Å²) in [6, 6.07) is 9.54. The Bertz CT molecular complexity index is 711. The zero-order valence-corrected chi connectivity index (χ0v) is 12.2. The van der Waals surface area contributed by atoms with Crippen molar-refractivity contribution >= 4 is 17.3 Å². The Kier molecular flexibility index (Phi) is 3.22. The maximum Gasteiger partial charge on any atom is 0.141 e. The molecule has 106 valence electrons. The molecule has 1 heterocycles. The Balaban J connectivity index is 1.99. The Labute approximate surface area is 124 Å². The van der Waals surface area contributed by atoms with Gasteiger partial charge in [0.05, 0.1) is 11.6 Å². The van der Waals surface area contributed by atoms with E-state index in [-0.39, 0.29) is 0 Å². The van der Waals surface area contributed by atoms with Crippen LogP contribution in [0.15, 0.2) is 24.3 Å². The van der Waals surface area contributed by atoms with Gasteiger partial charge in [-0.1, -0.05) is 0 Å². The molecule has 1 aromatic heterocycles. The van der Waals surface area contributed by atoms with Gasteiger partial charge in [0, 0.05) is 24.2 Å². The molecule has 2 N–H and O–H groups in total. The fourth-order valence-corrected chi connectivity index (χ4v) is 2.27. The van der Waals surface area contributed by atoms with Gasteiger partial charge in [-0.15, -0.1) is 0 Å². The minimum absolute atomic E-state index is 0.459. The van der Waals surface area contributed by atoms with Crippen LogP contribution < -0.4 is 10.6 Å². The number of nitrogen functional groups attached to an aromatic ring is 1. The molecule has 1 fully saturated rings. The standard InChI is InChI=1S/C16H17N5/c1-10-14(18)19-15(12-5-6-12)20-16(10)21(2)13-7-3-11(9-17)4-8-13/h3-4,7-8,12H,5-6H2,1-2H3,(H2,18,19,20). The van der Waals surface area contributed by atoms with Crippen LogP contribution in [-0.2, 0) is 0 Å². The lowest BCUT2D eigenvalue weighted by Gasteiger charge is -2.21. The van der Waals surface area contributed by atoms with Crippen LogP contribution in [0.2, 0.25) is 0 Å². The second-order valence-corrected chi connectivity index (χ2v) is 5.41. The van der Waals surface area contributed by atoms with Crippen LogP contribution >= 0.6 is 0 Å². The third-order valence-corrected chi connectivity index (χ3v) is 3.82. The number of nitrogens with two attached hydrogens (primary N) is 1. The lowest BCUT2D eigenvalue weighted by Crippen LogP contribution is -2.16. The molecule has 0 atom stereocenters. The van der Waals surface area contributed by atoms with Crippen LogP contribution in [0.4, 0.5) is 17.3 Å².